The van der Waals surface area contributed by atoms with Crippen molar-refractivity contribution in [3.63, 3.8) is 0 Å². The second-order valence-corrected chi connectivity index (χ2v) is 4.95. The first kappa shape index (κ1) is 14.9. The number of carbonyl (C=O) groups excluding carboxylic acids is 1. The van der Waals surface area contributed by atoms with Gasteiger partial charge in [0, 0.05) is 6.42 Å². The minimum atomic E-state index is 0.322. The van der Waals surface area contributed by atoms with E-state index in [1.54, 1.807) is 0 Å². The molecule has 0 radical (unpaired) electrons. The second kappa shape index (κ2) is 7.32. The third-order valence-corrected chi connectivity index (χ3v) is 3.41. The Morgan fingerprint density at radius 2 is 1.78 bits per heavy atom. The summed E-state index contributed by atoms with van der Waals surface area (Å²) >= 11 is 0. The molecule has 0 heterocycles. The maximum absolute atomic E-state index is 12.1. The first-order valence-corrected chi connectivity index (χ1v) is 6.87. The third-order valence-electron chi connectivity index (χ3n) is 3.41. The van der Waals surface area contributed by atoms with Crippen molar-refractivity contribution >= 4 is 5.78 Å². The number of hydrogen-bond donors (Lipinski definition) is 0. The monoisotopic (exact) mass is 247 g/mol. The molecule has 2 heteroatoms. The lowest BCUT2D eigenvalue weighted by Crippen LogP contribution is -2.31. The van der Waals surface area contributed by atoms with Crippen LogP contribution in [-0.4, -0.2) is 30.3 Å². The van der Waals surface area contributed by atoms with Crippen LogP contribution in [0.1, 0.15) is 37.0 Å². The van der Waals surface area contributed by atoms with Crippen LogP contribution >= 0.6 is 0 Å². The van der Waals surface area contributed by atoms with E-state index in [2.05, 4.69) is 44.7 Å². The van der Waals surface area contributed by atoms with E-state index in [-0.39, 0.29) is 0 Å². The van der Waals surface area contributed by atoms with E-state index < -0.39 is 0 Å². The number of nitrogens with zero attached hydrogens (tertiary/aromatic N) is 1. The van der Waals surface area contributed by atoms with Crippen LogP contribution in [0.4, 0.5) is 0 Å². The van der Waals surface area contributed by atoms with Crippen molar-refractivity contribution in [2.24, 2.45) is 0 Å². The summed E-state index contributed by atoms with van der Waals surface area (Å²) in [6.07, 6.45) is 1.67. The zero-order valence-corrected chi connectivity index (χ0v) is 12.1. The van der Waals surface area contributed by atoms with Crippen LogP contribution in [0.3, 0.4) is 0 Å². The van der Waals surface area contributed by atoms with E-state index >= 15 is 0 Å². The van der Waals surface area contributed by atoms with Gasteiger partial charge < -0.3 is 0 Å². The van der Waals surface area contributed by atoms with Crippen molar-refractivity contribution in [3.8, 4) is 0 Å². The molecule has 0 saturated heterocycles. The van der Waals surface area contributed by atoms with Gasteiger partial charge in [0.15, 0.2) is 5.78 Å². The fraction of sp³-hybridized carbons (Fsp3) is 0.562. The summed E-state index contributed by atoms with van der Waals surface area (Å²) in [6.45, 7) is 11.0. The maximum atomic E-state index is 12.1. The van der Waals surface area contributed by atoms with E-state index in [1.807, 2.05) is 6.07 Å². The van der Waals surface area contributed by atoms with Crippen molar-refractivity contribution in [1.82, 2.24) is 4.90 Å². The topological polar surface area (TPSA) is 20.3 Å². The van der Waals surface area contributed by atoms with E-state index in [0.717, 1.165) is 19.5 Å². The van der Waals surface area contributed by atoms with E-state index in [1.165, 1.54) is 16.7 Å². The molecule has 0 amide bonds. The molecule has 0 fully saturated rings. The lowest BCUT2D eigenvalue weighted by atomic mass is 9.98. The summed E-state index contributed by atoms with van der Waals surface area (Å²) in [7, 11) is 0. The third kappa shape index (κ3) is 4.26. The number of carbonyl (C=O) groups is 1. The minimum Gasteiger partial charge on any atom is -0.298 e. The number of ketones is 1. The van der Waals surface area contributed by atoms with E-state index in [0.29, 0.717) is 18.7 Å². The van der Waals surface area contributed by atoms with Crippen LogP contribution in [0.15, 0.2) is 18.2 Å². The van der Waals surface area contributed by atoms with Gasteiger partial charge in [0.05, 0.1) is 6.54 Å². The largest absolute Gasteiger partial charge is 0.298 e. The van der Waals surface area contributed by atoms with Gasteiger partial charge in [-0.2, -0.15) is 0 Å². The molecule has 0 saturated carbocycles. The Kier molecular flexibility index (Phi) is 6.06. The highest BCUT2D eigenvalue weighted by Crippen LogP contribution is 2.14. The van der Waals surface area contributed by atoms with Gasteiger partial charge >= 0.3 is 0 Å². The van der Waals surface area contributed by atoms with Gasteiger partial charge in [-0.05, 0) is 50.0 Å². The van der Waals surface area contributed by atoms with E-state index in [9.17, 15) is 4.79 Å². The van der Waals surface area contributed by atoms with Gasteiger partial charge in [0.25, 0.3) is 0 Å². The molecule has 0 unspecified atom stereocenters. The number of likely N-dealkylation sites (N-methyl/N-ethyl adjacent to an activating group) is 1. The van der Waals surface area contributed by atoms with Gasteiger partial charge in [-0.3, -0.25) is 9.69 Å². The van der Waals surface area contributed by atoms with E-state index in [4.69, 9.17) is 0 Å². The van der Waals surface area contributed by atoms with Gasteiger partial charge in [0.1, 0.15) is 0 Å². The average Bonchev–Trinajstić information content (AvgIpc) is 2.33. The first-order chi connectivity index (χ1) is 8.58. The molecule has 0 N–H and O–H groups in total. The number of benzene rings is 1. The molecule has 0 atom stereocenters. The highest BCUT2D eigenvalue weighted by molar-refractivity contribution is 5.83. The molecule has 1 aromatic carbocycles. The van der Waals surface area contributed by atoms with Gasteiger partial charge in [0.2, 0.25) is 0 Å². The van der Waals surface area contributed by atoms with Crippen LogP contribution in [0.5, 0.6) is 0 Å². The number of hydrogen-bond acceptors (Lipinski definition) is 2. The van der Waals surface area contributed by atoms with Crippen LogP contribution in [0.25, 0.3) is 0 Å². The Balaban J connectivity index is 2.64. The molecule has 0 aliphatic carbocycles. The van der Waals surface area contributed by atoms with Crippen molar-refractivity contribution in [2.75, 3.05) is 19.6 Å². The summed E-state index contributed by atoms with van der Waals surface area (Å²) in [5.74, 6) is 0.322. The first-order valence-electron chi connectivity index (χ1n) is 6.87. The van der Waals surface area contributed by atoms with Crippen LogP contribution in [-0.2, 0) is 11.2 Å². The molecule has 1 aromatic rings. The van der Waals surface area contributed by atoms with Crippen LogP contribution in [0.2, 0.25) is 0 Å². The molecule has 0 spiro atoms. The zero-order chi connectivity index (χ0) is 13.5. The van der Waals surface area contributed by atoms with Gasteiger partial charge in [-0.15, -0.1) is 0 Å². The predicted molar refractivity (Wildman–Crippen MR) is 77.0 cm³/mol. The number of Topliss-reactive ketones (excluding diaryl/α,β-unsaturated/α-hetero) is 1. The minimum absolute atomic E-state index is 0.322. The molecule has 2 nitrogen and oxygen atoms in total. The number of rotatable bonds is 7. The SMILES string of the molecule is CCCN(CC)CC(=O)Cc1c(C)cccc1C. The highest BCUT2D eigenvalue weighted by Gasteiger charge is 2.11. The quantitative estimate of drug-likeness (QED) is 0.737. The molecular weight excluding hydrogens is 222 g/mol. The Morgan fingerprint density at radius 1 is 1.17 bits per heavy atom. The van der Waals surface area contributed by atoms with Crippen LogP contribution in [0, 0.1) is 13.8 Å². The Hall–Kier alpha value is -1.15. The Bertz CT molecular complexity index is 378. The predicted octanol–water partition coefficient (Wildman–Crippen LogP) is 3.15. The number of aryl methyl sites for hydroxylation is 2. The van der Waals surface area contributed by atoms with Gasteiger partial charge in [-0.1, -0.05) is 32.0 Å². The van der Waals surface area contributed by atoms with Crippen LogP contribution < -0.4 is 0 Å². The Labute approximate surface area is 111 Å². The second-order valence-electron chi connectivity index (χ2n) is 4.95. The summed E-state index contributed by atoms with van der Waals surface area (Å²) in [6, 6.07) is 6.21. The summed E-state index contributed by atoms with van der Waals surface area (Å²) < 4.78 is 0. The normalized spacial score (nSPS) is 10.9. The zero-order valence-electron chi connectivity index (χ0n) is 12.1. The average molecular weight is 247 g/mol. The summed E-state index contributed by atoms with van der Waals surface area (Å²) in [5.41, 5.74) is 3.65. The molecule has 0 bridgehead atoms. The Morgan fingerprint density at radius 3 is 2.28 bits per heavy atom. The maximum Gasteiger partial charge on any atom is 0.151 e. The fourth-order valence-corrected chi connectivity index (χ4v) is 2.30. The molecular formula is C16H25NO. The molecule has 100 valence electrons. The van der Waals surface area contributed by atoms with Crippen molar-refractivity contribution < 1.29 is 4.79 Å². The molecule has 1 rings (SSSR count). The lowest BCUT2D eigenvalue weighted by Gasteiger charge is -2.19. The van der Waals surface area contributed by atoms with Gasteiger partial charge in [-0.25, -0.2) is 0 Å². The van der Waals surface area contributed by atoms with Crippen molar-refractivity contribution in [3.05, 3.63) is 34.9 Å². The standard InChI is InChI=1S/C16H25NO/c1-5-10-17(6-2)12-15(18)11-16-13(3)8-7-9-14(16)4/h7-9H,5-6,10-12H2,1-4H3. The summed E-state index contributed by atoms with van der Waals surface area (Å²) in [4.78, 5) is 14.3. The molecule has 0 aromatic heterocycles. The van der Waals surface area contributed by atoms with Crippen molar-refractivity contribution in [1.29, 1.82) is 0 Å². The van der Waals surface area contributed by atoms with Crippen molar-refractivity contribution in [2.45, 2.75) is 40.5 Å². The summed E-state index contributed by atoms with van der Waals surface area (Å²) in [5, 5.41) is 0. The molecule has 0 aliphatic heterocycles. The fourth-order valence-electron chi connectivity index (χ4n) is 2.30. The molecule has 18 heavy (non-hydrogen) atoms. The molecule has 0 aliphatic rings. The lowest BCUT2D eigenvalue weighted by molar-refractivity contribution is -0.119. The smallest absolute Gasteiger partial charge is 0.151 e. The highest BCUT2D eigenvalue weighted by atomic mass is 16.1.